The summed E-state index contributed by atoms with van der Waals surface area (Å²) in [6, 6.07) is 4.21. The lowest BCUT2D eigenvalue weighted by molar-refractivity contribution is -0.136. The van der Waals surface area contributed by atoms with Crippen molar-refractivity contribution in [2.45, 2.75) is 71.5 Å². The Morgan fingerprint density at radius 3 is 2.71 bits per heavy atom. The highest BCUT2D eigenvalue weighted by Crippen LogP contribution is 2.46. The van der Waals surface area contributed by atoms with Gasteiger partial charge in [-0.05, 0) is 73.5 Å². The van der Waals surface area contributed by atoms with E-state index in [4.69, 9.17) is 14.6 Å². The van der Waals surface area contributed by atoms with Crippen LogP contribution in [0.1, 0.15) is 58.4 Å². The van der Waals surface area contributed by atoms with Crippen molar-refractivity contribution in [3.63, 3.8) is 0 Å². The summed E-state index contributed by atoms with van der Waals surface area (Å²) in [7, 11) is 0. The highest BCUT2D eigenvalue weighted by atomic mass is 19.1. The predicted molar refractivity (Wildman–Crippen MR) is 117 cm³/mol. The van der Waals surface area contributed by atoms with Gasteiger partial charge >= 0.3 is 5.97 Å². The molecular formula is C25H37FO5. The molecule has 31 heavy (non-hydrogen) atoms. The largest absolute Gasteiger partial charge is 0.490 e. The SMILES string of the molecule is CC1CC[C@@H]2C(CO1)[C@H]([C@@H](C)[C@H](O)CCOc1ccc(CC(=O)O)cc1F)CC[C@H]2C. The van der Waals surface area contributed by atoms with Gasteiger partial charge in [0, 0.05) is 6.42 Å². The number of carboxylic acids is 1. The second kappa shape index (κ2) is 10.8. The lowest BCUT2D eigenvalue weighted by Crippen LogP contribution is -2.41. The number of carbonyl (C=O) groups is 1. The number of hydrogen-bond donors (Lipinski definition) is 2. The van der Waals surface area contributed by atoms with Gasteiger partial charge in [-0.15, -0.1) is 0 Å². The molecule has 3 rings (SSSR count). The smallest absolute Gasteiger partial charge is 0.307 e. The molecule has 1 aliphatic carbocycles. The number of rotatable bonds is 8. The lowest BCUT2D eigenvalue weighted by Gasteiger charge is -2.44. The first-order valence-electron chi connectivity index (χ1n) is 11.7. The van der Waals surface area contributed by atoms with Crippen molar-refractivity contribution in [3.05, 3.63) is 29.6 Å². The molecule has 1 saturated carbocycles. The van der Waals surface area contributed by atoms with E-state index in [9.17, 15) is 14.3 Å². The molecule has 0 bridgehead atoms. The molecule has 1 saturated heterocycles. The van der Waals surface area contributed by atoms with Crippen LogP contribution >= 0.6 is 0 Å². The topological polar surface area (TPSA) is 76.0 Å². The van der Waals surface area contributed by atoms with Gasteiger partial charge in [-0.1, -0.05) is 26.3 Å². The second-order valence-corrected chi connectivity index (χ2v) is 9.67. The molecule has 174 valence electrons. The third-order valence-electron chi connectivity index (χ3n) is 7.57. The molecule has 0 spiro atoms. The fourth-order valence-electron chi connectivity index (χ4n) is 5.59. The molecule has 1 aromatic rings. The van der Waals surface area contributed by atoms with Crippen LogP contribution in [0.15, 0.2) is 18.2 Å². The van der Waals surface area contributed by atoms with Gasteiger partial charge in [0.05, 0.1) is 31.8 Å². The first kappa shape index (κ1) is 24.0. The van der Waals surface area contributed by atoms with Gasteiger partial charge in [0.1, 0.15) is 0 Å². The van der Waals surface area contributed by atoms with Crippen molar-refractivity contribution in [1.82, 2.24) is 0 Å². The van der Waals surface area contributed by atoms with Gasteiger partial charge in [-0.3, -0.25) is 4.79 Å². The van der Waals surface area contributed by atoms with Gasteiger partial charge in [-0.25, -0.2) is 4.39 Å². The Morgan fingerprint density at radius 2 is 2.00 bits per heavy atom. The van der Waals surface area contributed by atoms with E-state index >= 15 is 0 Å². The first-order valence-corrected chi connectivity index (χ1v) is 11.7. The number of hydrogen-bond acceptors (Lipinski definition) is 4. The summed E-state index contributed by atoms with van der Waals surface area (Å²) in [6.07, 6.45) is 4.61. The third-order valence-corrected chi connectivity index (χ3v) is 7.57. The summed E-state index contributed by atoms with van der Waals surface area (Å²) in [5, 5.41) is 19.7. The van der Waals surface area contributed by atoms with Crippen LogP contribution in [0.2, 0.25) is 0 Å². The minimum atomic E-state index is -1.00. The molecule has 0 amide bonds. The zero-order chi connectivity index (χ0) is 22.5. The van der Waals surface area contributed by atoms with E-state index in [0.29, 0.717) is 41.8 Å². The fourth-order valence-corrected chi connectivity index (χ4v) is 5.59. The number of halogens is 1. The Labute approximate surface area is 184 Å². The zero-order valence-electron chi connectivity index (χ0n) is 18.9. The standard InChI is InChI=1S/C25H37FO5/c1-15-4-7-20(21-14-31-16(2)5-8-19(15)21)17(3)23(27)10-11-30-24-9-6-18(12-22(24)26)13-25(28)29/h6,9,12,15-17,19-21,23,27H,4-5,7-8,10-11,13-14H2,1-3H3,(H,28,29)/t15-,16?,17-,19+,20+,21?,23-/m1/s1. The number of ether oxygens (including phenoxy) is 2. The van der Waals surface area contributed by atoms with Crippen LogP contribution in [0.25, 0.3) is 0 Å². The summed E-state index contributed by atoms with van der Waals surface area (Å²) in [4.78, 5) is 10.8. The predicted octanol–water partition coefficient (Wildman–Crippen LogP) is 4.70. The molecule has 2 fully saturated rings. The number of aliphatic hydroxyl groups excluding tert-OH is 1. The van der Waals surface area contributed by atoms with Crippen molar-refractivity contribution in [2.75, 3.05) is 13.2 Å². The van der Waals surface area contributed by atoms with Gasteiger partial charge in [0.15, 0.2) is 11.6 Å². The van der Waals surface area contributed by atoms with E-state index in [1.165, 1.54) is 25.0 Å². The van der Waals surface area contributed by atoms with E-state index in [1.807, 2.05) is 0 Å². The summed E-state index contributed by atoms with van der Waals surface area (Å²) in [5.41, 5.74) is 0.395. The van der Waals surface area contributed by atoms with Gasteiger partial charge < -0.3 is 19.7 Å². The maximum Gasteiger partial charge on any atom is 0.307 e. The summed E-state index contributed by atoms with van der Waals surface area (Å²) in [6.45, 7) is 7.63. The van der Waals surface area contributed by atoms with E-state index in [1.54, 1.807) is 6.07 Å². The molecule has 2 unspecified atom stereocenters. The quantitative estimate of drug-likeness (QED) is 0.618. The van der Waals surface area contributed by atoms with Crippen LogP contribution < -0.4 is 4.74 Å². The molecule has 2 aliphatic rings. The van der Waals surface area contributed by atoms with Crippen molar-refractivity contribution >= 4 is 5.97 Å². The summed E-state index contributed by atoms with van der Waals surface area (Å²) >= 11 is 0. The monoisotopic (exact) mass is 436 g/mol. The minimum absolute atomic E-state index is 0.0895. The van der Waals surface area contributed by atoms with E-state index in [0.717, 1.165) is 19.4 Å². The Kier molecular flexibility index (Phi) is 8.34. The normalized spacial score (nSPS) is 30.7. The minimum Gasteiger partial charge on any atom is -0.490 e. The highest BCUT2D eigenvalue weighted by Gasteiger charge is 2.42. The molecule has 2 N–H and O–H groups in total. The van der Waals surface area contributed by atoms with E-state index in [-0.39, 0.29) is 24.7 Å². The molecule has 0 radical (unpaired) electrons. The van der Waals surface area contributed by atoms with Crippen LogP contribution in [0.4, 0.5) is 4.39 Å². The van der Waals surface area contributed by atoms with Crippen molar-refractivity contribution < 1.29 is 28.9 Å². The van der Waals surface area contributed by atoms with Gasteiger partial charge in [-0.2, -0.15) is 0 Å². The molecule has 1 aromatic carbocycles. The zero-order valence-corrected chi connectivity index (χ0v) is 18.9. The van der Waals surface area contributed by atoms with Gasteiger partial charge in [0.25, 0.3) is 0 Å². The maximum atomic E-state index is 14.2. The number of aliphatic hydroxyl groups is 1. The molecule has 7 atom stereocenters. The average Bonchev–Trinajstić information content (AvgIpc) is 2.91. The van der Waals surface area contributed by atoms with Crippen molar-refractivity contribution in [2.24, 2.45) is 29.6 Å². The molecule has 1 aliphatic heterocycles. The Morgan fingerprint density at radius 1 is 1.23 bits per heavy atom. The lowest BCUT2D eigenvalue weighted by atomic mass is 9.62. The Balaban J connectivity index is 1.54. The second-order valence-electron chi connectivity index (χ2n) is 9.67. The van der Waals surface area contributed by atoms with Crippen LogP contribution in [0.3, 0.4) is 0 Å². The molecule has 0 aromatic heterocycles. The Bertz CT molecular complexity index is 739. The van der Waals surface area contributed by atoms with E-state index in [2.05, 4.69) is 20.8 Å². The summed E-state index contributed by atoms with van der Waals surface area (Å²) < 4.78 is 25.8. The van der Waals surface area contributed by atoms with Crippen LogP contribution in [-0.4, -0.2) is 41.6 Å². The third kappa shape index (κ3) is 6.19. The van der Waals surface area contributed by atoms with Crippen molar-refractivity contribution in [3.8, 4) is 5.75 Å². The number of carboxylic acid groups (broad SMARTS) is 1. The number of benzene rings is 1. The summed E-state index contributed by atoms with van der Waals surface area (Å²) in [5.74, 6) is 0.915. The number of aliphatic carboxylic acids is 1. The average molecular weight is 437 g/mol. The first-order chi connectivity index (χ1) is 14.8. The molecule has 5 nitrogen and oxygen atoms in total. The number of fused-ring (bicyclic) bond motifs is 1. The Hall–Kier alpha value is -1.66. The molecule has 1 heterocycles. The van der Waals surface area contributed by atoms with Gasteiger partial charge in [0.2, 0.25) is 0 Å². The van der Waals surface area contributed by atoms with E-state index < -0.39 is 17.9 Å². The van der Waals surface area contributed by atoms with Crippen molar-refractivity contribution in [1.29, 1.82) is 0 Å². The molecule has 6 heteroatoms. The highest BCUT2D eigenvalue weighted by molar-refractivity contribution is 5.70. The maximum absolute atomic E-state index is 14.2. The van der Waals surface area contributed by atoms with Crippen LogP contribution in [0.5, 0.6) is 5.75 Å². The van der Waals surface area contributed by atoms with Crippen LogP contribution in [0, 0.1) is 35.4 Å². The van der Waals surface area contributed by atoms with Crippen LogP contribution in [-0.2, 0) is 16.0 Å². The fraction of sp³-hybridized carbons (Fsp3) is 0.720. The molecular weight excluding hydrogens is 399 g/mol.